The number of carbonyl (C=O) groups is 4. The van der Waals surface area contributed by atoms with Gasteiger partial charge in [-0.25, -0.2) is 0 Å². The van der Waals surface area contributed by atoms with E-state index < -0.39 is 12.1 Å². The molecule has 4 fully saturated rings. The third-order valence-corrected chi connectivity index (χ3v) is 10.2. The van der Waals surface area contributed by atoms with Crippen LogP contribution in [0.2, 0.25) is 0 Å². The second kappa shape index (κ2) is 8.49. The van der Waals surface area contributed by atoms with Crippen LogP contribution < -0.4 is 5.32 Å². The number of fused-ring (bicyclic) bond motifs is 3. The second-order valence-corrected chi connectivity index (χ2v) is 12.4. The average molecular weight is 520 g/mol. The molecule has 4 atom stereocenters. The van der Waals surface area contributed by atoms with Gasteiger partial charge in [-0.15, -0.1) is 23.1 Å². The van der Waals surface area contributed by atoms with Crippen LogP contribution in [0.15, 0.2) is 6.07 Å². The number of rotatable bonds is 3. The van der Waals surface area contributed by atoms with Gasteiger partial charge < -0.3 is 20.0 Å². The Bertz CT molecular complexity index is 1180. The molecule has 0 saturated carbocycles. The summed E-state index contributed by atoms with van der Waals surface area (Å²) in [5, 5.41) is 3.79. The first-order chi connectivity index (χ1) is 16.4. The number of amides is 4. The van der Waals surface area contributed by atoms with E-state index in [1.807, 2.05) is 22.8 Å². The van der Waals surface area contributed by atoms with Gasteiger partial charge in [0, 0.05) is 47.6 Å². The Balaban J connectivity index is 1.15. The monoisotopic (exact) mass is 519 g/mol. The van der Waals surface area contributed by atoms with E-state index in [9.17, 15) is 19.2 Å². The number of hydrogen-bond acceptors (Lipinski definition) is 8. The van der Waals surface area contributed by atoms with E-state index in [1.54, 1.807) is 16.7 Å². The van der Waals surface area contributed by atoms with Gasteiger partial charge in [-0.1, -0.05) is 0 Å². The van der Waals surface area contributed by atoms with E-state index in [0.717, 1.165) is 27.9 Å². The summed E-state index contributed by atoms with van der Waals surface area (Å²) in [7, 11) is 0. The van der Waals surface area contributed by atoms with Crippen LogP contribution in [0.1, 0.15) is 40.2 Å². The van der Waals surface area contributed by atoms with E-state index in [2.05, 4.69) is 9.69 Å². The van der Waals surface area contributed by atoms with Gasteiger partial charge >= 0.3 is 0 Å². The number of nitrogens with one attached hydrogen (secondary N) is 1. The van der Waals surface area contributed by atoms with Crippen molar-refractivity contribution in [3.8, 4) is 0 Å². The minimum atomic E-state index is -0.522. The molecule has 0 aliphatic carbocycles. The quantitative estimate of drug-likeness (QED) is 0.662. The summed E-state index contributed by atoms with van der Waals surface area (Å²) in [4.78, 5) is 59.7. The Hall–Kier alpha value is -2.18. The topological polar surface area (TPSA) is 103 Å². The molecular weight excluding hydrogens is 494 g/mol. The zero-order valence-electron chi connectivity index (χ0n) is 18.7. The fraction of sp³-hybridized carbons (Fsp3) is 0.591. The van der Waals surface area contributed by atoms with Crippen LogP contribution in [0.5, 0.6) is 0 Å². The van der Waals surface area contributed by atoms with Crippen molar-refractivity contribution in [2.75, 3.05) is 24.7 Å². The highest BCUT2D eigenvalue weighted by Gasteiger charge is 2.49. The molecule has 1 N–H and O–H groups in total. The molecule has 34 heavy (non-hydrogen) atoms. The number of aryl methyl sites for hydroxylation is 1. The van der Waals surface area contributed by atoms with Crippen molar-refractivity contribution in [2.45, 2.75) is 56.8 Å². The van der Waals surface area contributed by atoms with Crippen molar-refractivity contribution in [1.29, 1.82) is 0 Å². The van der Waals surface area contributed by atoms with Crippen molar-refractivity contribution in [3.63, 3.8) is 0 Å². The van der Waals surface area contributed by atoms with E-state index >= 15 is 0 Å². The lowest BCUT2D eigenvalue weighted by Gasteiger charge is -2.42. The molecule has 12 heteroatoms. The molecule has 4 aliphatic rings. The highest BCUT2D eigenvalue weighted by Crippen LogP contribution is 2.36. The molecule has 0 spiro atoms. The number of thiophene rings is 1. The van der Waals surface area contributed by atoms with Crippen LogP contribution in [0.3, 0.4) is 0 Å². The summed E-state index contributed by atoms with van der Waals surface area (Å²) in [6.45, 7) is 3.05. The standard InChI is InChI=1S/C22H25N5O4S3/c1-11-14-6-17(33-19(14)24-34-11)22(31)25-7-12-2-3-13(8-25)27(12)21(30)16-9-32-10-26(16)20(29)15-4-5-18(28)23-15/h6,12-13,15-16H,2-5,7-10H2,1H3,(H,23,28)/t12?,13?,15-,16-/m1/s1. The maximum absolute atomic E-state index is 13.6. The van der Waals surface area contributed by atoms with Crippen molar-refractivity contribution in [3.05, 3.63) is 15.8 Å². The van der Waals surface area contributed by atoms with E-state index in [0.29, 0.717) is 42.4 Å². The molecule has 2 unspecified atom stereocenters. The van der Waals surface area contributed by atoms with Crippen LogP contribution in [0.25, 0.3) is 10.2 Å². The third-order valence-electron chi connectivity index (χ3n) is 7.34. The van der Waals surface area contributed by atoms with Crippen LogP contribution in [-0.4, -0.2) is 91.6 Å². The van der Waals surface area contributed by atoms with Gasteiger partial charge in [-0.05, 0) is 43.8 Å². The molecule has 6 heterocycles. The van der Waals surface area contributed by atoms with E-state index in [-0.39, 0.29) is 35.7 Å². The summed E-state index contributed by atoms with van der Waals surface area (Å²) >= 11 is 4.47. The molecule has 2 aromatic heterocycles. The van der Waals surface area contributed by atoms with Crippen molar-refractivity contribution >= 4 is 68.5 Å². The Morgan fingerprint density at radius 1 is 1.12 bits per heavy atom. The molecular formula is C22H25N5O4S3. The third kappa shape index (κ3) is 3.61. The lowest BCUT2D eigenvalue weighted by Crippen LogP contribution is -2.61. The Labute approximate surface area is 209 Å². The first-order valence-electron chi connectivity index (χ1n) is 11.6. The van der Waals surface area contributed by atoms with E-state index in [1.165, 1.54) is 22.9 Å². The van der Waals surface area contributed by atoms with Gasteiger partial charge in [-0.2, -0.15) is 4.37 Å². The SMILES string of the molecule is Cc1snc2sc(C(=O)N3CC4CCC(C3)N4C(=O)[C@H]3CSCN3C(=O)[C@H]3CCC(=O)N3)cc12. The molecule has 9 nitrogen and oxygen atoms in total. The van der Waals surface area contributed by atoms with E-state index in [4.69, 9.17) is 0 Å². The fourth-order valence-electron chi connectivity index (χ4n) is 5.59. The molecule has 180 valence electrons. The summed E-state index contributed by atoms with van der Waals surface area (Å²) in [5.41, 5.74) is 0. The predicted octanol–water partition coefficient (Wildman–Crippen LogP) is 1.66. The molecule has 0 aromatic carbocycles. The van der Waals surface area contributed by atoms with Crippen molar-refractivity contribution in [1.82, 2.24) is 24.4 Å². The number of aromatic nitrogens is 1. The zero-order chi connectivity index (χ0) is 23.6. The van der Waals surface area contributed by atoms with Crippen molar-refractivity contribution < 1.29 is 19.2 Å². The lowest BCUT2D eigenvalue weighted by atomic mass is 10.1. The minimum absolute atomic E-state index is 0.0153. The number of nitrogens with zero attached hydrogens (tertiary/aromatic N) is 4. The first-order valence-corrected chi connectivity index (χ1v) is 14.3. The smallest absolute Gasteiger partial charge is 0.264 e. The van der Waals surface area contributed by atoms with Gasteiger partial charge in [0.2, 0.25) is 17.7 Å². The minimum Gasteiger partial charge on any atom is -0.344 e. The summed E-state index contributed by atoms with van der Waals surface area (Å²) in [6.07, 6.45) is 2.58. The average Bonchev–Trinajstić information content (AvgIpc) is 3.63. The molecule has 0 radical (unpaired) electrons. The summed E-state index contributed by atoms with van der Waals surface area (Å²) in [6, 6.07) is 0.875. The molecule has 2 aromatic rings. The maximum Gasteiger partial charge on any atom is 0.264 e. The molecule has 4 saturated heterocycles. The summed E-state index contributed by atoms with van der Waals surface area (Å²) in [5.74, 6) is 0.778. The highest BCUT2D eigenvalue weighted by molar-refractivity contribution is 7.99. The zero-order valence-corrected chi connectivity index (χ0v) is 21.1. The van der Waals surface area contributed by atoms with Crippen LogP contribution in [-0.2, 0) is 14.4 Å². The van der Waals surface area contributed by atoms with Crippen LogP contribution >= 0.6 is 34.6 Å². The molecule has 6 rings (SSSR count). The normalized spacial score (nSPS) is 28.7. The maximum atomic E-state index is 13.6. The highest BCUT2D eigenvalue weighted by atomic mass is 32.2. The van der Waals surface area contributed by atoms with Gasteiger partial charge in [0.1, 0.15) is 16.9 Å². The van der Waals surface area contributed by atoms with Gasteiger partial charge in [-0.3, -0.25) is 19.2 Å². The first kappa shape index (κ1) is 22.3. The second-order valence-electron chi connectivity index (χ2n) is 9.39. The number of piperazine rings is 1. The number of likely N-dealkylation sites (tertiary alicyclic amines) is 1. The van der Waals surface area contributed by atoms with Gasteiger partial charge in [0.05, 0.1) is 10.8 Å². The van der Waals surface area contributed by atoms with Crippen molar-refractivity contribution in [2.24, 2.45) is 0 Å². The summed E-state index contributed by atoms with van der Waals surface area (Å²) < 4.78 is 4.42. The Kier molecular flexibility index (Phi) is 5.57. The number of thioether (sulfide) groups is 1. The predicted molar refractivity (Wildman–Crippen MR) is 131 cm³/mol. The van der Waals surface area contributed by atoms with Crippen LogP contribution in [0.4, 0.5) is 0 Å². The Morgan fingerprint density at radius 2 is 1.88 bits per heavy atom. The van der Waals surface area contributed by atoms with Gasteiger partial charge in [0.25, 0.3) is 5.91 Å². The Morgan fingerprint density at radius 3 is 2.56 bits per heavy atom. The fourth-order valence-corrected chi connectivity index (χ4v) is 8.56. The largest absolute Gasteiger partial charge is 0.344 e. The van der Waals surface area contributed by atoms with Crippen LogP contribution in [0, 0.1) is 6.92 Å². The lowest BCUT2D eigenvalue weighted by molar-refractivity contribution is -0.147. The molecule has 2 bridgehead atoms. The number of hydrogen-bond donors (Lipinski definition) is 1. The molecule has 4 aliphatic heterocycles. The molecule has 4 amide bonds. The number of carbonyl (C=O) groups excluding carboxylic acids is 4. The van der Waals surface area contributed by atoms with Gasteiger partial charge in [0.15, 0.2) is 0 Å².